The zero-order valence-electron chi connectivity index (χ0n) is 9.83. The summed E-state index contributed by atoms with van der Waals surface area (Å²) in [7, 11) is 1.51. The molecular formula is C11H20N2O2S. The van der Waals surface area contributed by atoms with Crippen molar-refractivity contribution >= 4 is 17.7 Å². The molecule has 4 nitrogen and oxygen atoms in total. The molecule has 2 saturated heterocycles. The molecule has 2 fully saturated rings. The molecule has 0 aliphatic carbocycles. The van der Waals surface area contributed by atoms with Crippen molar-refractivity contribution < 1.29 is 9.53 Å². The third-order valence-electron chi connectivity index (χ3n) is 3.51. The smallest absolute Gasteiger partial charge is 0.327 e. The Morgan fingerprint density at radius 1 is 1.44 bits per heavy atom. The van der Waals surface area contributed by atoms with E-state index in [1.165, 1.54) is 12.9 Å². The summed E-state index contributed by atoms with van der Waals surface area (Å²) in [5.41, 5.74) is -0.347. The van der Waals surface area contributed by atoms with Crippen molar-refractivity contribution in [2.75, 3.05) is 44.8 Å². The van der Waals surface area contributed by atoms with Gasteiger partial charge in [0.1, 0.15) is 5.54 Å². The van der Waals surface area contributed by atoms with Gasteiger partial charge in [-0.15, -0.1) is 0 Å². The van der Waals surface area contributed by atoms with Crippen molar-refractivity contribution in [3.05, 3.63) is 0 Å². The van der Waals surface area contributed by atoms with Gasteiger partial charge in [0.2, 0.25) is 0 Å². The van der Waals surface area contributed by atoms with Crippen LogP contribution in [-0.4, -0.2) is 61.2 Å². The average Bonchev–Trinajstić information content (AvgIpc) is 2.39. The first-order valence-corrected chi connectivity index (χ1v) is 7.07. The Bertz CT molecular complexity index is 248. The first-order chi connectivity index (χ1) is 7.79. The monoisotopic (exact) mass is 244 g/mol. The van der Waals surface area contributed by atoms with E-state index >= 15 is 0 Å². The molecule has 92 valence electrons. The molecule has 0 aromatic rings. The molecule has 5 heteroatoms. The number of hydrogen-bond acceptors (Lipinski definition) is 5. The maximum Gasteiger partial charge on any atom is 0.327 e. The molecule has 1 N–H and O–H groups in total. The lowest BCUT2D eigenvalue weighted by atomic mass is 9.92. The number of hydrogen-bond donors (Lipinski definition) is 1. The van der Waals surface area contributed by atoms with Crippen LogP contribution >= 0.6 is 11.8 Å². The molecule has 1 unspecified atom stereocenters. The van der Waals surface area contributed by atoms with Gasteiger partial charge < -0.3 is 10.1 Å². The average molecular weight is 244 g/mol. The lowest BCUT2D eigenvalue weighted by molar-refractivity contribution is -0.155. The highest BCUT2D eigenvalue weighted by atomic mass is 32.2. The minimum absolute atomic E-state index is 0.0402. The number of rotatable bonds is 2. The van der Waals surface area contributed by atoms with Gasteiger partial charge in [0.15, 0.2) is 0 Å². The highest BCUT2D eigenvalue weighted by Crippen LogP contribution is 2.33. The van der Waals surface area contributed by atoms with E-state index in [1.54, 1.807) is 0 Å². The fourth-order valence-electron chi connectivity index (χ4n) is 2.60. The second kappa shape index (κ2) is 5.38. The lowest BCUT2D eigenvalue weighted by Crippen LogP contribution is -2.62. The molecule has 0 saturated carbocycles. The summed E-state index contributed by atoms with van der Waals surface area (Å²) in [5.74, 6) is 2.02. The van der Waals surface area contributed by atoms with Crippen LogP contribution in [0.4, 0.5) is 0 Å². The zero-order chi connectivity index (χ0) is 11.4. The van der Waals surface area contributed by atoms with Crippen molar-refractivity contribution in [3.8, 4) is 0 Å². The van der Waals surface area contributed by atoms with Crippen molar-refractivity contribution in [3.63, 3.8) is 0 Å². The minimum Gasteiger partial charge on any atom is -0.468 e. The Morgan fingerprint density at radius 3 is 2.75 bits per heavy atom. The number of ether oxygens (including phenoxy) is 1. The standard InChI is InChI=1S/C11H20N2O2S/c1-15-10(14)11(3-2-8-16-9-11)13-6-4-12-5-7-13/h12H,2-9H2,1H3. The van der Waals surface area contributed by atoms with E-state index < -0.39 is 0 Å². The zero-order valence-corrected chi connectivity index (χ0v) is 10.6. The van der Waals surface area contributed by atoms with E-state index in [0.717, 1.165) is 44.8 Å². The fraction of sp³-hybridized carbons (Fsp3) is 0.909. The van der Waals surface area contributed by atoms with Gasteiger partial charge in [-0.3, -0.25) is 9.69 Å². The number of piperazine rings is 1. The Hall–Kier alpha value is -0.260. The Kier molecular flexibility index (Phi) is 4.10. The van der Waals surface area contributed by atoms with Gasteiger partial charge in [0, 0.05) is 31.9 Å². The van der Waals surface area contributed by atoms with Crippen LogP contribution in [-0.2, 0) is 9.53 Å². The van der Waals surface area contributed by atoms with Crippen LogP contribution in [0.15, 0.2) is 0 Å². The quantitative estimate of drug-likeness (QED) is 0.709. The van der Waals surface area contributed by atoms with Crippen LogP contribution in [0.1, 0.15) is 12.8 Å². The Balaban J connectivity index is 2.14. The topological polar surface area (TPSA) is 41.6 Å². The third-order valence-corrected chi connectivity index (χ3v) is 4.77. The Morgan fingerprint density at radius 2 is 2.19 bits per heavy atom. The van der Waals surface area contributed by atoms with Crippen LogP contribution in [0.5, 0.6) is 0 Å². The van der Waals surface area contributed by atoms with E-state index in [1.807, 2.05) is 11.8 Å². The van der Waals surface area contributed by atoms with Crippen LogP contribution in [0.3, 0.4) is 0 Å². The number of nitrogens with one attached hydrogen (secondary N) is 1. The summed E-state index contributed by atoms with van der Waals surface area (Å²) < 4.78 is 5.03. The van der Waals surface area contributed by atoms with E-state index in [4.69, 9.17) is 4.74 Å². The normalized spacial score (nSPS) is 32.3. The second-order valence-corrected chi connectivity index (χ2v) is 5.52. The van der Waals surface area contributed by atoms with E-state index in [0.29, 0.717) is 0 Å². The number of thioether (sulfide) groups is 1. The molecule has 2 aliphatic heterocycles. The summed E-state index contributed by atoms with van der Waals surface area (Å²) in [6.07, 6.45) is 2.07. The predicted octanol–water partition coefficient (Wildman–Crippen LogP) is 0.330. The van der Waals surface area contributed by atoms with Gasteiger partial charge in [0.25, 0.3) is 0 Å². The number of carbonyl (C=O) groups is 1. The molecule has 0 amide bonds. The van der Waals surface area contributed by atoms with E-state index in [9.17, 15) is 4.79 Å². The van der Waals surface area contributed by atoms with Crippen LogP contribution in [0.25, 0.3) is 0 Å². The summed E-state index contributed by atoms with van der Waals surface area (Å²) in [5, 5.41) is 3.33. The predicted molar refractivity (Wildman–Crippen MR) is 65.7 cm³/mol. The highest BCUT2D eigenvalue weighted by Gasteiger charge is 2.46. The molecule has 0 aromatic heterocycles. The fourth-order valence-corrected chi connectivity index (χ4v) is 3.88. The molecule has 2 aliphatic rings. The third kappa shape index (κ3) is 2.21. The molecule has 0 bridgehead atoms. The minimum atomic E-state index is -0.347. The molecule has 0 aromatic carbocycles. The van der Waals surface area contributed by atoms with Gasteiger partial charge in [-0.25, -0.2) is 0 Å². The van der Waals surface area contributed by atoms with E-state index in [-0.39, 0.29) is 11.5 Å². The van der Waals surface area contributed by atoms with Crippen molar-refractivity contribution in [1.82, 2.24) is 10.2 Å². The number of nitrogens with zero attached hydrogens (tertiary/aromatic N) is 1. The molecule has 1 atom stereocenters. The molecule has 2 rings (SSSR count). The lowest BCUT2D eigenvalue weighted by Gasteiger charge is -2.45. The van der Waals surface area contributed by atoms with Crippen molar-refractivity contribution in [1.29, 1.82) is 0 Å². The molecule has 0 radical (unpaired) electrons. The number of carbonyl (C=O) groups excluding carboxylic acids is 1. The summed E-state index contributed by atoms with van der Waals surface area (Å²) >= 11 is 1.88. The van der Waals surface area contributed by atoms with Crippen molar-refractivity contribution in [2.45, 2.75) is 18.4 Å². The maximum atomic E-state index is 12.1. The van der Waals surface area contributed by atoms with Gasteiger partial charge >= 0.3 is 5.97 Å². The van der Waals surface area contributed by atoms with E-state index in [2.05, 4.69) is 10.2 Å². The number of esters is 1. The van der Waals surface area contributed by atoms with Crippen LogP contribution < -0.4 is 5.32 Å². The highest BCUT2D eigenvalue weighted by molar-refractivity contribution is 7.99. The summed E-state index contributed by atoms with van der Waals surface area (Å²) in [6, 6.07) is 0. The van der Waals surface area contributed by atoms with Crippen molar-refractivity contribution in [2.24, 2.45) is 0 Å². The Labute approximate surface area is 101 Å². The summed E-state index contributed by atoms with van der Waals surface area (Å²) in [6.45, 7) is 3.86. The first-order valence-electron chi connectivity index (χ1n) is 5.91. The first kappa shape index (κ1) is 12.2. The number of methoxy groups -OCH3 is 1. The van der Waals surface area contributed by atoms with Gasteiger partial charge in [0.05, 0.1) is 7.11 Å². The van der Waals surface area contributed by atoms with Gasteiger partial charge in [-0.2, -0.15) is 11.8 Å². The van der Waals surface area contributed by atoms with Gasteiger partial charge in [-0.1, -0.05) is 0 Å². The molecule has 2 heterocycles. The largest absolute Gasteiger partial charge is 0.468 e. The summed E-state index contributed by atoms with van der Waals surface area (Å²) in [4.78, 5) is 14.4. The molecular weight excluding hydrogens is 224 g/mol. The molecule has 0 spiro atoms. The maximum absolute atomic E-state index is 12.1. The second-order valence-electron chi connectivity index (χ2n) is 4.42. The van der Waals surface area contributed by atoms with Crippen LogP contribution in [0.2, 0.25) is 0 Å². The SMILES string of the molecule is COC(=O)C1(N2CCNCC2)CCCSC1. The van der Waals surface area contributed by atoms with Gasteiger partial charge in [-0.05, 0) is 18.6 Å². The molecule has 16 heavy (non-hydrogen) atoms. The van der Waals surface area contributed by atoms with Crippen LogP contribution in [0, 0.1) is 0 Å².